The van der Waals surface area contributed by atoms with Crippen LogP contribution in [0.5, 0.6) is 11.5 Å². The molecule has 2 N–H and O–H groups in total. The van der Waals surface area contributed by atoms with Gasteiger partial charge in [0.1, 0.15) is 5.82 Å². The lowest BCUT2D eigenvalue weighted by atomic mass is 10.2. The molecule has 0 aromatic heterocycles. The maximum atomic E-state index is 13.6. The molecule has 0 aliphatic rings. The summed E-state index contributed by atoms with van der Waals surface area (Å²) >= 11 is 11.0. The molecular weight excluding hydrogens is 353 g/mol. The monoisotopic (exact) mass is 367 g/mol. The number of hydrogen-bond acceptors (Lipinski definition) is 4. The normalized spacial score (nSPS) is 10.5. The van der Waals surface area contributed by atoms with E-state index in [1.165, 1.54) is 18.3 Å². The minimum Gasteiger partial charge on any atom is -0.493 e. The molecule has 0 fully saturated rings. The first-order valence-electron chi connectivity index (χ1n) is 6.81. The van der Waals surface area contributed by atoms with Gasteiger partial charge < -0.3 is 14.8 Å². The summed E-state index contributed by atoms with van der Waals surface area (Å²) in [5.41, 5.74) is 3.46. The van der Waals surface area contributed by atoms with E-state index in [0.29, 0.717) is 17.2 Å². The summed E-state index contributed by atoms with van der Waals surface area (Å²) < 4.78 is 24.0. The van der Waals surface area contributed by atoms with Crippen molar-refractivity contribution in [1.82, 2.24) is 5.43 Å². The van der Waals surface area contributed by atoms with Crippen LogP contribution in [0.2, 0.25) is 5.02 Å². The molecule has 0 heterocycles. The average molecular weight is 368 g/mol. The Labute approximate surface area is 149 Å². The second kappa shape index (κ2) is 8.47. The molecule has 0 amide bonds. The fourth-order valence-electron chi connectivity index (χ4n) is 1.86. The molecule has 0 bridgehead atoms. The van der Waals surface area contributed by atoms with Gasteiger partial charge in [0.05, 0.1) is 25.5 Å². The lowest BCUT2D eigenvalue weighted by molar-refractivity contribution is 0.355. The zero-order valence-corrected chi connectivity index (χ0v) is 14.5. The average Bonchev–Trinajstić information content (AvgIpc) is 2.57. The number of ether oxygens (including phenoxy) is 2. The van der Waals surface area contributed by atoms with E-state index >= 15 is 0 Å². The maximum Gasteiger partial charge on any atom is 0.191 e. The third kappa shape index (κ3) is 4.56. The van der Waals surface area contributed by atoms with Gasteiger partial charge in [-0.1, -0.05) is 17.7 Å². The Morgan fingerprint density at radius 3 is 2.62 bits per heavy atom. The van der Waals surface area contributed by atoms with Crippen LogP contribution in [-0.4, -0.2) is 25.5 Å². The van der Waals surface area contributed by atoms with Gasteiger partial charge in [-0.15, -0.1) is 0 Å². The lowest BCUT2D eigenvalue weighted by Crippen LogP contribution is -2.23. The lowest BCUT2D eigenvalue weighted by Gasteiger charge is -2.11. The van der Waals surface area contributed by atoms with Crippen LogP contribution >= 0.6 is 23.8 Å². The molecule has 0 unspecified atom stereocenters. The number of thiocarbonyl (C=S) groups is 1. The molecule has 24 heavy (non-hydrogen) atoms. The van der Waals surface area contributed by atoms with E-state index in [1.54, 1.807) is 38.5 Å². The first-order chi connectivity index (χ1) is 11.5. The third-order valence-corrected chi connectivity index (χ3v) is 3.52. The van der Waals surface area contributed by atoms with Crippen molar-refractivity contribution in [3.63, 3.8) is 0 Å². The van der Waals surface area contributed by atoms with Crippen molar-refractivity contribution in [2.45, 2.75) is 0 Å². The molecule has 0 saturated heterocycles. The second-order valence-corrected chi connectivity index (χ2v) is 5.34. The van der Waals surface area contributed by atoms with Crippen molar-refractivity contribution < 1.29 is 13.9 Å². The molecule has 2 aromatic carbocycles. The van der Waals surface area contributed by atoms with Gasteiger partial charge in [0.25, 0.3) is 0 Å². The van der Waals surface area contributed by atoms with Crippen LogP contribution in [0.25, 0.3) is 0 Å². The minimum atomic E-state index is -0.466. The number of methoxy groups -OCH3 is 2. The van der Waals surface area contributed by atoms with Crippen molar-refractivity contribution in [3.8, 4) is 11.5 Å². The third-order valence-electron chi connectivity index (χ3n) is 3.00. The number of benzene rings is 2. The predicted octanol–water partition coefficient (Wildman–Crippen LogP) is 3.82. The molecule has 0 aliphatic heterocycles. The van der Waals surface area contributed by atoms with E-state index in [0.717, 1.165) is 0 Å². The van der Waals surface area contributed by atoms with Crippen LogP contribution in [0, 0.1) is 5.82 Å². The van der Waals surface area contributed by atoms with Crippen molar-refractivity contribution in [2.75, 3.05) is 19.5 Å². The minimum absolute atomic E-state index is 0.181. The summed E-state index contributed by atoms with van der Waals surface area (Å²) in [5, 5.41) is 7.30. The van der Waals surface area contributed by atoms with Gasteiger partial charge in [-0.2, -0.15) is 5.10 Å². The molecule has 0 atom stereocenters. The molecule has 0 spiro atoms. The van der Waals surface area contributed by atoms with Crippen LogP contribution in [0.3, 0.4) is 0 Å². The van der Waals surface area contributed by atoms with Gasteiger partial charge in [-0.05, 0) is 36.5 Å². The van der Waals surface area contributed by atoms with Gasteiger partial charge in [-0.25, -0.2) is 4.39 Å². The molecule has 8 heteroatoms. The van der Waals surface area contributed by atoms with E-state index in [1.807, 2.05) is 0 Å². The van der Waals surface area contributed by atoms with E-state index in [4.69, 9.17) is 33.3 Å². The summed E-state index contributed by atoms with van der Waals surface area (Å²) in [6.45, 7) is 0. The Kier molecular flexibility index (Phi) is 6.34. The molecule has 5 nitrogen and oxygen atoms in total. The molecule has 2 aromatic rings. The van der Waals surface area contributed by atoms with Crippen LogP contribution in [0.1, 0.15) is 5.56 Å². The van der Waals surface area contributed by atoms with E-state index in [2.05, 4.69) is 15.8 Å². The largest absolute Gasteiger partial charge is 0.493 e. The molecule has 2 rings (SSSR count). The van der Waals surface area contributed by atoms with Crippen LogP contribution in [0.4, 0.5) is 10.1 Å². The standard InChI is InChI=1S/C16H15ClFN3O2S/c1-22-14-7-6-10(8-15(14)23-2)20-16(24)21-19-9-11-12(17)4-3-5-13(11)18/h3-9H,1-2H3,(H2,20,21,24). The quantitative estimate of drug-likeness (QED) is 0.478. The van der Waals surface area contributed by atoms with Gasteiger partial charge in [0.15, 0.2) is 16.6 Å². The van der Waals surface area contributed by atoms with Crippen molar-refractivity contribution in [2.24, 2.45) is 5.10 Å². The number of nitrogens with one attached hydrogen (secondary N) is 2. The Morgan fingerprint density at radius 1 is 1.21 bits per heavy atom. The van der Waals surface area contributed by atoms with Crippen LogP contribution in [0.15, 0.2) is 41.5 Å². The fraction of sp³-hybridized carbons (Fsp3) is 0.125. The SMILES string of the molecule is COc1ccc(NC(=S)NN=Cc2c(F)cccc2Cl)cc1OC. The van der Waals surface area contributed by atoms with Crippen molar-refractivity contribution in [3.05, 3.63) is 52.8 Å². The zero-order valence-electron chi connectivity index (χ0n) is 13.0. The Bertz CT molecular complexity index is 751. The van der Waals surface area contributed by atoms with Gasteiger partial charge >= 0.3 is 0 Å². The Morgan fingerprint density at radius 2 is 1.96 bits per heavy atom. The highest BCUT2D eigenvalue weighted by Crippen LogP contribution is 2.29. The number of anilines is 1. The number of hydrogen-bond donors (Lipinski definition) is 2. The highest BCUT2D eigenvalue weighted by molar-refractivity contribution is 7.80. The van der Waals surface area contributed by atoms with E-state index in [9.17, 15) is 4.39 Å². The topological polar surface area (TPSA) is 54.9 Å². The first kappa shape index (κ1) is 18.0. The second-order valence-electron chi connectivity index (χ2n) is 4.53. The highest BCUT2D eigenvalue weighted by atomic mass is 35.5. The van der Waals surface area contributed by atoms with Gasteiger partial charge in [0.2, 0.25) is 0 Å². The summed E-state index contributed by atoms with van der Waals surface area (Å²) in [5.74, 6) is 0.702. The van der Waals surface area contributed by atoms with Crippen LogP contribution < -0.4 is 20.2 Å². The van der Waals surface area contributed by atoms with Gasteiger partial charge in [-0.3, -0.25) is 5.43 Å². The van der Waals surface area contributed by atoms with E-state index < -0.39 is 5.82 Å². The number of hydrazone groups is 1. The summed E-state index contributed by atoms with van der Waals surface area (Å²) in [6.07, 6.45) is 1.26. The Balaban J connectivity index is 2.00. The summed E-state index contributed by atoms with van der Waals surface area (Å²) in [6, 6.07) is 9.63. The Hall–Kier alpha value is -2.38. The van der Waals surface area contributed by atoms with Crippen LogP contribution in [-0.2, 0) is 0 Å². The molecule has 0 saturated carbocycles. The maximum absolute atomic E-state index is 13.6. The molecular formula is C16H15ClFN3O2S. The van der Waals surface area contributed by atoms with Crippen molar-refractivity contribution in [1.29, 1.82) is 0 Å². The molecule has 0 aliphatic carbocycles. The zero-order chi connectivity index (χ0) is 17.5. The molecule has 126 valence electrons. The number of nitrogens with zero attached hydrogens (tertiary/aromatic N) is 1. The first-order valence-corrected chi connectivity index (χ1v) is 7.60. The summed E-state index contributed by atoms with van der Waals surface area (Å²) in [7, 11) is 3.10. The fourth-order valence-corrected chi connectivity index (χ4v) is 2.24. The van der Waals surface area contributed by atoms with E-state index in [-0.39, 0.29) is 15.7 Å². The highest BCUT2D eigenvalue weighted by Gasteiger charge is 2.06. The molecule has 0 radical (unpaired) electrons. The van der Waals surface area contributed by atoms with Gasteiger partial charge in [0, 0.05) is 17.3 Å². The number of rotatable bonds is 5. The predicted molar refractivity (Wildman–Crippen MR) is 97.9 cm³/mol. The summed E-state index contributed by atoms with van der Waals surface area (Å²) in [4.78, 5) is 0. The number of halogens is 2. The van der Waals surface area contributed by atoms with Crippen molar-refractivity contribution >= 4 is 40.8 Å². The smallest absolute Gasteiger partial charge is 0.191 e.